The first-order valence-corrected chi connectivity index (χ1v) is 5.80. The monoisotopic (exact) mass is 243 g/mol. The number of carboxylic acid groups (broad SMARTS) is 1. The van der Waals surface area contributed by atoms with Crippen molar-refractivity contribution in [3.8, 4) is 5.75 Å². The van der Waals surface area contributed by atoms with Gasteiger partial charge >= 0.3 is 5.97 Å². The summed E-state index contributed by atoms with van der Waals surface area (Å²) in [4.78, 5) is 11.4. The largest absolute Gasteiger partial charge is 0.492 e. The molecule has 1 heterocycles. The average Bonchev–Trinajstić information content (AvgIpc) is 2.39. The summed E-state index contributed by atoms with van der Waals surface area (Å²) < 4.78 is 5.64. The fourth-order valence-corrected chi connectivity index (χ4v) is 2.42. The number of rotatable bonds is 1. The van der Waals surface area contributed by atoms with Crippen LogP contribution in [0.3, 0.4) is 0 Å². The summed E-state index contributed by atoms with van der Waals surface area (Å²) in [6, 6.07) is 11.4. The summed E-state index contributed by atoms with van der Waals surface area (Å²) in [6.07, 6.45) is 0.285. The lowest BCUT2D eigenvalue weighted by atomic mass is 9.84. The fourth-order valence-electron chi connectivity index (χ4n) is 2.42. The van der Waals surface area contributed by atoms with E-state index in [9.17, 15) is 9.90 Å². The average molecular weight is 243 g/mol. The van der Waals surface area contributed by atoms with Crippen LogP contribution in [0.2, 0.25) is 0 Å². The van der Waals surface area contributed by atoms with Crippen LogP contribution < -0.4 is 10.5 Å². The van der Waals surface area contributed by atoms with Crippen LogP contribution in [0, 0.1) is 0 Å². The maximum atomic E-state index is 11.4. The minimum atomic E-state index is -1.35. The van der Waals surface area contributed by atoms with E-state index in [1.54, 1.807) is 6.07 Å². The van der Waals surface area contributed by atoms with E-state index in [1.807, 2.05) is 30.3 Å². The predicted octanol–water partition coefficient (Wildman–Crippen LogP) is 1.86. The molecule has 3 rings (SSSR count). The molecule has 2 aromatic rings. The molecule has 0 amide bonds. The number of nitrogens with two attached hydrogens (primary N) is 1. The first kappa shape index (κ1) is 11.0. The predicted molar refractivity (Wildman–Crippen MR) is 67.6 cm³/mol. The van der Waals surface area contributed by atoms with Crippen LogP contribution in [-0.4, -0.2) is 17.7 Å². The smallest absolute Gasteiger partial charge is 0.328 e. The van der Waals surface area contributed by atoms with Crippen molar-refractivity contribution in [3.05, 3.63) is 42.0 Å². The molecule has 0 saturated heterocycles. The van der Waals surface area contributed by atoms with Gasteiger partial charge in [-0.3, -0.25) is 0 Å². The van der Waals surface area contributed by atoms with Gasteiger partial charge in [-0.1, -0.05) is 36.4 Å². The summed E-state index contributed by atoms with van der Waals surface area (Å²) in [6.45, 7) is 0.323. The van der Waals surface area contributed by atoms with Crippen molar-refractivity contribution in [2.24, 2.45) is 5.73 Å². The first-order valence-electron chi connectivity index (χ1n) is 5.80. The van der Waals surface area contributed by atoms with E-state index >= 15 is 0 Å². The summed E-state index contributed by atoms with van der Waals surface area (Å²) in [5, 5.41) is 11.3. The highest BCUT2D eigenvalue weighted by atomic mass is 16.5. The third-order valence-corrected chi connectivity index (χ3v) is 3.48. The molecule has 4 heteroatoms. The molecular weight excluding hydrogens is 230 g/mol. The lowest BCUT2D eigenvalue weighted by Gasteiger charge is -2.32. The molecule has 0 saturated carbocycles. The van der Waals surface area contributed by atoms with Crippen molar-refractivity contribution in [2.75, 3.05) is 6.61 Å². The summed E-state index contributed by atoms with van der Waals surface area (Å²) in [5.74, 6) is -0.411. The van der Waals surface area contributed by atoms with Gasteiger partial charge in [-0.25, -0.2) is 4.79 Å². The molecule has 2 aromatic carbocycles. The van der Waals surface area contributed by atoms with Crippen LogP contribution in [0.15, 0.2) is 36.4 Å². The third-order valence-electron chi connectivity index (χ3n) is 3.48. The van der Waals surface area contributed by atoms with Gasteiger partial charge in [0.1, 0.15) is 11.3 Å². The second-order valence-corrected chi connectivity index (χ2v) is 4.54. The molecule has 0 fully saturated rings. The number of carboxylic acids is 1. The fraction of sp³-hybridized carbons (Fsp3) is 0.214. The topological polar surface area (TPSA) is 72.6 Å². The normalized spacial score (nSPS) is 22.3. The van der Waals surface area contributed by atoms with Crippen molar-refractivity contribution >= 4 is 16.7 Å². The lowest BCUT2D eigenvalue weighted by Crippen LogP contribution is -2.48. The molecule has 0 aliphatic carbocycles. The highest BCUT2D eigenvalue weighted by Crippen LogP contribution is 2.40. The number of aliphatic carboxylic acids is 1. The van der Waals surface area contributed by atoms with Gasteiger partial charge in [0.15, 0.2) is 0 Å². The van der Waals surface area contributed by atoms with Gasteiger partial charge in [-0.15, -0.1) is 0 Å². The number of fused-ring (bicyclic) bond motifs is 3. The summed E-state index contributed by atoms with van der Waals surface area (Å²) >= 11 is 0. The standard InChI is InChI=1S/C14H13NO3/c15-14(13(16)17)7-8-18-12-10-4-2-1-3-9(10)5-6-11(12)14/h1-6H,7-8,15H2,(H,16,17). The van der Waals surface area contributed by atoms with E-state index in [2.05, 4.69) is 0 Å². The van der Waals surface area contributed by atoms with Crippen molar-refractivity contribution in [1.29, 1.82) is 0 Å². The Morgan fingerprint density at radius 3 is 2.83 bits per heavy atom. The van der Waals surface area contributed by atoms with Gasteiger partial charge in [0.2, 0.25) is 0 Å². The van der Waals surface area contributed by atoms with Gasteiger partial charge in [-0.05, 0) is 5.39 Å². The van der Waals surface area contributed by atoms with Crippen molar-refractivity contribution < 1.29 is 14.6 Å². The Kier molecular flexibility index (Phi) is 2.28. The highest BCUT2D eigenvalue weighted by Gasteiger charge is 2.41. The number of hydrogen-bond donors (Lipinski definition) is 2. The van der Waals surface area contributed by atoms with Crippen LogP contribution in [0.5, 0.6) is 5.75 Å². The van der Waals surface area contributed by atoms with Gasteiger partial charge in [0, 0.05) is 17.4 Å². The van der Waals surface area contributed by atoms with Crippen molar-refractivity contribution in [3.63, 3.8) is 0 Å². The van der Waals surface area contributed by atoms with Crippen LogP contribution >= 0.6 is 0 Å². The molecule has 3 N–H and O–H groups in total. The molecule has 1 aliphatic heterocycles. The van der Waals surface area contributed by atoms with Gasteiger partial charge in [-0.2, -0.15) is 0 Å². The third kappa shape index (κ3) is 1.39. The van der Waals surface area contributed by atoms with E-state index in [0.717, 1.165) is 10.8 Å². The Hall–Kier alpha value is -2.07. The van der Waals surface area contributed by atoms with E-state index in [4.69, 9.17) is 10.5 Å². The molecule has 4 nitrogen and oxygen atoms in total. The van der Waals surface area contributed by atoms with E-state index in [1.165, 1.54) is 0 Å². The van der Waals surface area contributed by atoms with Crippen LogP contribution in [0.1, 0.15) is 12.0 Å². The van der Waals surface area contributed by atoms with E-state index < -0.39 is 11.5 Å². The lowest BCUT2D eigenvalue weighted by molar-refractivity contribution is -0.144. The summed E-state index contributed by atoms with van der Waals surface area (Å²) in [7, 11) is 0. The Labute approximate surface area is 104 Å². The Balaban J connectivity index is 2.32. The second-order valence-electron chi connectivity index (χ2n) is 4.54. The van der Waals surface area contributed by atoms with Crippen LogP contribution in [0.25, 0.3) is 10.8 Å². The molecule has 0 radical (unpaired) electrons. The van der Waals surface area contributed by atoms with Gasteiger partial charge < -0.3 is 15.6 Å². The maximum absolute atomic E-state index is 11.4. The van der Waals surface area contributed by atoms with Crippen molar-refractivity contribution in [1.82, 2.24) is 0 Å². The van der Waals surface area contributed by atoms with Gasteiger partial charge in [0.05, 0.1) is 6.61 Å². The summed E-state index contributed by atoms with van der Waals surface area (Å²) in [5.41, 5.74) is 5.23. The molecule has 0 spiro atoms. The minimum Gasteiger partial charge on any atom is -0.492 e. The van der Waals surface area contributed by atoms with Crippen LogP contribution in [0.4, 0.5) is 0 Å². The molecule has 92 valence electrons. The minimum absolute atomic E-state index is 0.285. The highest BCUT2D eigenvalue weighted by molar-refractivity contribution is 5.93. The van der Waals surface area contributed by atoms with E-state index in [-0.39, 0.29) is 6.42 Å². The Bertz CT molecular complexity index is 638. The number of hydrogen-bond acceptors (Lipinski definition) is 3. The van der Waals surface area contributed by atoms with Crippen molar-refractivity contribution in [2.45, 2.75) is 12.0 Å². The molecule has 0 aromatic heterocycles. The molecule has 1 atom stereocenters. The number of benzene rings is 2. The second kappa shape index (κ2) is 3.71. The van der Waals surface area contributed by atoms with E-state index in [0.29, 0.717) is 17.9 Å². The molecule has 0 bridgehead atoms. The SMILES string of the molecule is NC1(C(=O)O)CCOc2c1ccc1ccccc21. The molecule has 1 aliphatic rings. The zero-order valence-corrected chi connectivity index (χ0v) is 9.72. The van der Waals surface area contributed by atoms with Crippen LogP contribution in [-0.2, 0) is 10.3 Å². The quantitative estimate of drug-likeness (QED) is 0.801. The maximum Gasteiger partial charge on any atom is 0.328 e. The Morgan fingerprint density at radius 2 is 2.06 bits per heavy atom. The zero-order valence-electron chi connectivity index (χ0n) is 9.72. The Morgan fingerprint density at radius 1 is 1.28 bits per heavy atom. The molecule has 1 unspecified atom stereocenters. The first-order chi connectivity index (χ1) is 8.63. The van der Waals surface area contributed by atoms with Gasteiger partial charge in [0.25, 0.3) is 0 Å². The number of carbonyl (C=O) groups is 1. The zero-order chi connectivity index (χ0) is 12.8. The molecular formula is C14H13NO3. The number of ether oxygens (including phenoxy) is 1. The molecule has 18 heavy (non-hydrogen) atoms.